The van der Waals surface area contributed by atoms with E-state index < -0.39 is 9.84 Å². The van der Waals surface area contributed by atoms with Crippen LogP contribution in [0.3, 0.4) is 0 Å². The summed E-state index contributed by atoms with van der Waals surface area (Å²) in [7, 11) is -3.08. The molecule has 4 heteroatoms. The molecule has 0 N–H and O–H groups in total. The summed E-state index contributed by atoms with van der Waals surface area (Å²) in [6, 6.07) is 5.03. The molecule has 68 valence electrons. The van der Waals surface area contributed by atoms with E-state index in [1.807, 2.05) is 0 Å². The molecule has 1 aromatic rings. The summed E-state index contributed by atoms with van der Waals surface area (Å²) in [5.41, 5.74) is 1.87. The smallest absolute Gasteiger partial charge is 0.175 e. The lowest BCUT2D eigenvalue weighted by Crippen LogP contribution is -1.97. The molecule has 1 aromatic carbocycles. The van der Waals surface area contributed by atoms with Crippen LogP contribution in [0.4, 0.5) is 5.69 Å². The first-order valence-electron chi connectivity index (χ1n) is 3.93. The molecule has 1 heterocycles. The molecule has 0 aromatic heterocycles. The minimum atomic E-state index is -3.08. The summed E-state index contributed by atoms with van der Waals surface area (Å²) < 4.78 is 22.4. The SMILES string of the molecule is CS(=O)(=O)c1ccc2c(c1)CC=N2. The van der Waals surface area contributed by atoms with Crippen molar-refractivity contribution in [2.24, 2.45) is 4.99 Å². The summed E-state index contributed by atoms with van der Waals surface area (Å²) >= 11 is 0. The summed E-state index contributed by atoms with van der Waals surface area (Å²) in [5, 5.41) is 0. The number of benzene rings is 1. The van der Waals surface area contributed by atoms with Gasteiger partial charge in [0.1, 0.15) is 0 Å². The lowest BCUT2D eigenvalue weighted by Gasteiger charge is -2.00. The monoisotopic (exact) mass is 195 g/mol. The average Bonchev–Trinajstić information content (AvgIpc) is 2.47. The summed E-state index contributed by atoms with van der Waals surface area (Å²) in [5.74, 6) is 0. The van der Waals surface area contributed by atoms with Crippen LogP contribution in [0.1, 0.15) is 5.56 Å². The third-order valence-corrected chi connectivity index (χ3v) is 3.13. The van der Waals surface area contributed by atoms with Gasteiger partial charge < -0.3 is 0 Å². The first-order valence-corrected chi connectivity index (χ1v) is 5.82. The maximum absolute atomic E-state index is 11.2. The molecule has 0 unspecified atom stereocenters. The minimum Gasteiger partial charge on any atom is -0.261 e. The molecule has 2 rings (SSSR count). The van der Waals surface area contributed by atoms with Crippen LogP contribution in [-0.2, 0) is 16.3 Å². The Morgan fingerprint density at radius 3 is 2.85 bits per heavy atom. The Bertz CT molecular complexity index is 474. The van der Waals surface area contributed by atoms with Gasteiger partial charge in [0.2, 0.25) is 0 Å². The highest BCUT2D eigenvalue weighted by Gasteiger charge is 2.12. The fourth-order valence-corrected chi connectivity index (χ4v) is 2.00. The molecule has 0 aliphatic carbocycles. The molecule has 0 saturated carbocycles. The molecular formula is C9H9NO2S. The van der Waals surface area contributed by atoms with Crippen LogP contribution in [0.5, 0.6) is 0 Å². The van der Waals surface area contributed by atoms with Crippen molar-refractivity contribution in [1.82, 2.24) is 0 Å². The number of hydrogen-bond acceptors (Lipinski definition) is 3. The van der Waals surface area contributed by atoms with Gasteiger partial charge in [-0.05, 0) is 23.8 Å². The molecule has 0 bridgehead atoms. The second-order valence-electron chi connectivity index (χ2n) is 3.08. The van der Waals surface area contributed by atoms with Gasteiger partial charge in [0.05, 0.1) is 10.6 Å². The van der Waals surface area contributed by atoms with E-state index in [1.54, 1.807) is 24.4 Å². The standard InChI is InChI=1S/C9H9NO2S/c1-13(11,12)8-2-3-9-7(6-8)4-5-10-9/h2-3,5-6H,4H2,1H3. The van der Waals surface area contributed by atoms with E-state index in [4.69, 9.17) is 0 Å². The van der Waals surface area contributed by atoms with Gasteiger partial charge in [-0.25, -0.2) is 8.42 Å². The fraction of sp³-hybridized carbons (Fsp3) is 0.222. The van der Waals surface area contributed by atoms with Gasteiger partial charge in [-0.15, -0.1) is 0 Å². The van der Waals surface area contributed by atoms with Gasteiger partial charge >= 0.3 is 0 Å². The molecule has 1 aliphatic heterocycles. The maximum Gasteiger partial charge on any atom is 0.175 e. The Morgan fingerprint density at radius 1 is 1.38 bits per heavy atom. The molecule has 0 atom stereocenters. The minimum absolute atomic E-state index is 0.372. The first-order chi connectivity index (χ1) is 6.07. The van der Waals surface area contributed by atoms with E-state index >= 15 is 0 Å². The van der Waals surface area contributed by atoms with Crippen LogP contribution in [0, 0.1) is 0 Å². The predicted octanol–water partition coefficient (Wildman–Crippen LogP) is 1.35. The molecule has 1 aliphatic rings. The van der Waals surface area contributed by atoms with Crippen LogP contribution < -0.4 is 0 Å². The van der Waals surface area contributed by atoms with Gasteiger partial charge in [-0.2, -0.15) is 0 Å². The van der Waals surface area contributed by atoms with Gasteiger partial charge in [-0.3, -0.25) is 4.99 Å². The van der Waals surface area contributed by atoms with Crippen molar-refractivity contribution < 1.29 is 8.42 Å². The van der Waals surface area contributed by atoms with Crippen LogP contribution in [0.15, 0.2) is 28.1 Å². The second-order valence-corrected chi connectivity index (χ2v) is 5.09. The van der Waals surface area contributed by atoms with E-state index in [-0.39, 0.29) is 0 Å². The zero-order valence-corrected chi connectivity index (χ0v) is 8.00. The molecule has 0 radical (unpaired) electrons. The van der Waals surface area contributed by atoms with Crippen LogP contribution in [0.25, 0.3) is 0 Å². The zero-order valence-electron chi connectivity index (χ0n) is 7.19. The number of hydrogen-bond donors (Lipinski definition) is 0. The molecular weight excluding hydrogens is 186 g/mol. The lowest BCUT2D eigenvalue weighted by atomic mass is 10.2. The second kappa shape index (κ2) is 2.67. The van der Waals surface area contributed by atoms with Gasteiger partial charge in [-0.1, -0.05) is 0 Å². The molecule has 0 saturated heterocycles. The summed E-state index contributed by atoms with van der Waals surface area (Å²) in [4.78, 5) is 4.47. The number of fused-ring (bicyclic) bond motifs is 1. The van der Waals surface area contributed by atoms with E-state index in [1.165, 1.54) is 6.26 Å². The van der Waals surface area contributed by atoms with E-state index in [2.05, 4.69) is 4.99 Å². The quantitative estimate of drug-likeness (QED) is 0.679. The number of rotatable bonds is 1. The van der Waals surface area contributed by atoms with E-state index in [9.17, 15) is 8.42 Å². The Kier molecular flexibility index (Phi) is 1.73. The van der Waals surface area contributed by atoms with Crippen molar-refractivity contribution in [1.29, 1.82) is 0 Å². The van der Waals surface area contributed by atoms with Crippen molar-refractivity contribution in [2.45, 2.75) is 11.3 Å². The van der Waals surface area contributed by atoms with Crippen LogP contribution in [0.2, 0.25) is 0 Å². The van der Waals surface area contributed by atoms with Gasteiger partial charge in [0, 0.05) is 18.9 Å². The number of sulfone groups is 1. The van der Waals surface area contributed by atoms with E-state index in [0.717, 1.165) is 17.7 Å². The highest BCUT2D eigenvalue weighted by atomic mass is 32.2. The zero-order chi connectivity index (χ0) is 9.47. The molecule has 0 fully saturated rings. The van der Waals surface area contributed by atoms with Crippen molar-refractivity contribution in [3.63, 3.8) is 0 Å². The average molecular weight is 195 g/mol. The van der Waals surface area contributed by atoms with Crippen LogP contribution >= 0.6 is 0 Å². The number of nitrogens with zero attached hydrogens (tertiary/aromatic N) is 1. The Hall–Kier alpha value is -1.16. The third-order valence-electron chi connectivity index (χ3n) is 2.02. The number of aliphatic imine (C=N–C) groups is 1. The van der Waals surface area contributed by atoms with Gasteiger partial charge in [0.25, 0.3) is 0 Å². The highest BCUT2D eigenvalue weighted by molar-refractivity contribution is 7.90. The topological polar surface area (TPSA) is 46.5 Å². The highest BCUT2D eigenvalue weighted by Crippen LogP contribution is 2.26. The summed E-state index contributed by atoms with van der Waals surface area (Å²) in [6.07, 6.45) is 3.74. The molecule has 13 heavy (non-hydrogen) atoms. The first kappa shape index (κ1) is 8.44. The molecule has 0 spiro atoms. The van der Waals surface area contributed by atoms with Crippen molar-refractivity contribution in [3.05, 3.63) is 23.8 Å². The molecule has 3 nitrogen and oxygen atoms in total. The summed E-state index contributed by atoms with van der Waals surface area (Å²) in [6.45, 7) is 0. The van der Waals surface area contributed by atoms with Crippen molar-refractivity contribution >= 4 is 21.7 Å². The van der Waals surface area contributed by atoms with E-state index in [0.29, 0.717) is 4.90 Å². The Labute approximate surface area is 77.0 Å². The largest absolute Gasteiger partial charge is 0.261 e. The van der Waals surface area contributed by atoms with Crippen molar-refractivity contribution in [3.8, 4) is 0 Å². The fourth-order valence-electron chi connectivity index (χ4n) is 1.32. The van der Waals surface area contributed by atoms with Gasteiger partial charge in [0.15, 0.2) is 9.84 Å². The lowest BCUT2D eigenvalue weighted by molar-refractivity contribution is 0.602. The third kappa shape index (κ3) is 1.49. The van der Waals surface area contributed by atoms with Crippen LogP contribution in [-0.4, -0.2) is 20.9 Å². The normalized spacial score (nSPS) is 14.5. The Morgan fingerprint density at radius 2 is 2.15 bits per heavy atom. The maximum atomic E-state index is 11.2. The van der Waals surface area contributed by atoms with Crippen molar-refractivity contribution in [2.75, 3.05) is 6.26 Å². The predicted molar refractivity (Wildman–Crippen MR) is 51.4 cm³/mol. The molecule has 0 amide bonds. The Balaban J connectivity index is 2.57.